The zero-order chi connectivity index (χ0) is 8.10. The van der Waals surface area contributed by atoms with Gasteiger partial charge in [0.15, 0.2) is 0 Å². The molecule has 0 aromatic rings. The lowest BCUT2D eigenvalue weighted by Crippen LogP contribution is -2.38. The van der Waals surface area contributed by atoms with Crippen molar-refractivity contribution in [2.45, 2.75) is 6.10 Å². The zero-order valence-corrected chi connectivity index (χ0v) is 8.07. The molecule has 0 aromatic heterocycles. The first-order valence-electron chi connectivity index (χ1n) is 3.87. The first-order chi connectivity index (χ1) is 5.33. The molecule has 1 N–H and O–H groups in total. The summed E-state index contributed by atoms with van der Waals surface area (Å²) >= 11 is 7.47. The number of thioether (sulfide) groups is 1. The molecule has 1 unspecified atom stereocenters. The van der Waals surface area contributed by atoms with E-state index in [-0.39, 0.29) is 6.10 Å². The molecular weight excluding hydrogens is 182 g/mol. The minimum atomic E-state index is -0.347. The number of alkyl halides is 1. The molecule has 66 valence electrons. The molecule has 0 spiro atoms. The highest BCUT2D eigenvalue weighted by atomic mass is 35.5. The van der Waals surface area contributed by atoms with E-state index in [1.165, 1.54) is 11.5 Å². The second-order valence-electron chi connectivity index (χ2n) is 2.72. The number of halogens is 1. The monoisotopic (exact) mass is 195 g/mol. The van der Waals surface area contributed by atoms with E-state index in [4.69, 9.17) is 11.6 Å². The number of rotatable bonds is 3. The number of nitrogens with zero attached hydrogens (tertiary/aromatic N) is 1. The standard InChI is InChI=1S/C7H14ClNOS/c8-5-7(10)6-9-1-3-11-4-2-9/h7,10H,1-6H2. The average molecular weight is 196 g/mol. The molecule has 1 heterocycles. The van der Waals surface area contributed by atoms with E-state index in [1.54, 1.807) is 0 Å². The summed E-state index contributed by atoms with van der Waals surface area (Å²) in [6, 6.07) is 0. The Morgan fingerprint density at radius 3 is 2.64 bits per heavy atom. The van der Waals surface area contributed by atoms with E-state index in [9.17, 15) is 5.11 Å². The van der Waals surface area contributed by atoms with Crippen LogP contribution in [0.1, 0.15) is 0 Å². The molecule has 0 amide bonds. The molecular formula is C7H14ClNOS. The predicted octanol–water partition coefficient (Wildman–Crippen LogP) is 0.635. The smallest absolute Gasteiger partial charge is 0.0802 e. The fraction of sp³-hybridized carbons (Fsp3) is 1.00. The summed E-state index contributed by atoms with van der Waals surface area (Å²) in [5, 5.41) is 9.23. The number of hydrogen-bond acceptors (Lipinski definition) is 3. The third-order valence-electron chi connectivity index (χ3n) is 1.75. The molecule has 11 heavy (non-hydrogen) atoms. The molecule has 0 aliphatic carbocycles. The third kappa shape index (κ3) is 3.65. The Balaban J connectivity index is 2.13. The van der Waals surface area contributed by atoms with Crippen LogP contribution in [-0.2, 0) is 0 Å². The first kappa shape index (κ1) is 9.65. The van der Waals surface area contributed by atoms with Crippen molar-refractivity contribution < 1.29 is 5.11 Å². The lowest BCUT2D eigenvalue weighted by Gasteiger charge is -2.27. The summed E-state index contributed by atoms with van der Waals surface area (Å²) in [5.41, 5.74) is 0. The summed E-state index contributed by atoms with van der Waals surface area (Å²) in [4.78, 5) is 2.27. The Labute approximate surface area is 76.9 Å². The second kappa shape index (κ2) is 5.25. The van der Waals surface area contributed by atoms with Crippen LogP contribution >= 0.6 is 23.4 Å². The maximum atomic E-state index is 9.23. The van der Waals surface area contributed by atoms with Crippen LogP contribution in [0.4, 0.5) is 0 Å². The van der Waals surface area contributed by atoms with Crippen molar-refractivity contribution in [3.05, 3.63) is 0 Å². The highest BCUT2D eigenvalue weighted by molar-refractivity contribution is 7.99. The van der Waals surface area contributed by atoms with Crippen LogP contribution in [0, 0.1) is 0 Å². The lowest BCUT2D eigenvalue weighted by molar-refractivity contribution is 0.135. The summed E-state index contributed by atoms with van der Waals surface area (Å²) in [6.07, 6.45) is -0.347. The van der Waals surface area contributed by atoms with E-state index in [1.807, 2.05) is 11.8 Å². The number of β-amino-alcohol motifs (C(OH)–C–C–N with tert-alkyl or cyclic N) is 1. The summed E-state index contributed by atoms with van der Waals surface area (Å²) < 4.78 is 0. The average Bonchev–Trinajstić information content (AvgIpc) is 2.06. The summed E-state index contributed by atoms with van der Waals surface area (Å²) in [6.45, 7) is 2.93. The quantitative estimate of drug-likeness (QED) is 0.669. The molecule has 1 saturated heterocycles. The molecule has 1 aliphatic rings. The fourth-order valence-electron chi connectivity index (χ4n) is 1.13. The first-order valence-corrected chi connectivity index (χ1v) is 5.56. The van der Waals surface area contributed by atoms with Gasteiger partial charge in [0.25, 0.3) is 0 Å². The van der Waals surface area contributed by atoms with Crippen LogP contribution in [0.15, 0.2) is 0 Å². The highest BCUT2D eigenvalue weighted by Gasteiger charge is 2.13. The van der Waals surface area contributed by atoms with Crippen molar-refractivity contribution in [2.75, 3.05) is 37.0 Å². The van der Waals surface area contributed by atoms with Crippen LogP contribution in [0.3, 0.4) is 0 Å². The lowest BCUT2D eigenvalue weighted by atomic mass is 10.3. The Kier molecular flexibility index (Phi) is 4.60. The number of hydrogen-bond donors (Lipinski definition) is 1. The third-order valence-corrected chi connectivity index (χ3v) is 3.05. The van der Waals surface area contributed by atoms with Gasteiger partial charge >= 0.3 is 0 Å². The van der Waals surface area contributed by atoms with Gasteiger partial charge in [-0.25, -0.2) is 0 Å². The van der Waals surface area contributed by atoms with Gasteiger partial charge in [-0.15, -0.1) is 11.6 Å². The molecule has 0 aromatic carbocycles. The summed E-state index contributed by atoms with van der Waals surface area (Å²) in [7, 11) is 0. The van der Waals surface area contributed by atoms with Crippen LogP contribution in [0.2, 0.25) is 0 Å². The molecule has 4 heteroatoms. The maximum absolute atomic E-state index is 9.23. The Morgan fingerprint density at radius 1 is 1.45 bits per heavy atom. The van der Waals surface area contributed by atoms with Crippen LogP contribution in [-0.4, -0.2) is 53.1 Å². The molecule has 1 fully saturated rings. The molecule has 0 bridgehead atoms. The van der Waals surface area contributed by atoms with Crippen LogP contribution in [0.25, 0.3) is 0 Å². The van der Waals surface area contributed by atoms with Crippen molar-refractivity contribution in [1.82, 2.24) is 4.90 Å². The summed E-state index contributed by atoms with van der Waals surface area (Å²) in [5.74, 6) is 2.73. The van der Waals surface area contributed by atoms with Gasteiger partial charge in [-0.05, 0) is 0 Å². The van der Waals surface area contributed by atoms with E-state index >= 15 is 0 Å². The molecule has 0 saturated carbocycles. The van der Waals surface area contributed by atoms with E-state index in [0.29, 0.717) is 5.88 Å². The van der Waals surface area contributed by atoms with Gasteiger partial charge in [-0.2, -0.15) is 11.8 Å². The van der Waals surface area contributed by atoms with E-state index in [0.717, 1.165) is 19.6 Å². The SMILES string of the molecule is OC(CCl)CN1CCSCC1. The topological polar surface area (TPSA) is 23.5 Å². The normalized spacial score (nSPS) is 23.5. The van der Waals surface area contributed by atoms with Gasteiger partial charge in [0.1, 0.15) is 0 Å². The fourth-order valence-corrected chi connectivity index (χ4v) is 2.21. The Hall–Kier alpha value is 0.560. The number of aliphatic hydroxyl groups excluding tert-OH is 1. The molecule has 0 radical (unpaired) electrons. The van der Waals surface area contributed by atoms with Gasteiger partial charge in [-0.1, -0.05) is 0 Å². The minimum absolute atomic E-state index is 0.347. The van der Waals surface area contributed by atoms with Crippen molar-refractivity contribution in [3.8, 4) is 0 Å². The van der Waals surface area contributed by atoms with E-state index in [2.05, 4.69) is 4.90 Å². The Bertz CT molecular complexity index is 109. The van der Waals surface area contributed by atoms with Gasteiger partial charge in [0.2, 0.25) is 0 Å². The highest BCUT2D eigenvalue weighted by Crippen LogP contribution is 2.09. The van der Waals surface area contributed by atoms with Crippen molar-refractivity contribution in [1.29, 1.82) is 0 Å². The largest absolute Gasteiger partial charge is 0.391 e. The molecule has 2 nitrogen and oxygen atoms in total. The van der Waals surface area contributed by atoms with Crippen LogP contribution in [0.5, 0.6) is 0 Å². The van der Waals surface area contributed by atoms with Crippen molar-refractivity contribution in [2.24, 2.45) is 0 Å². The minimum Gasteiger partial charge on any atom is -0.391 e. The van der Waals surface area contributed by atoms with Gasteiger partial charge in [0, 0.05) is 37.0 Å². The molecule has 1 atom stereocenters. The van der Waals surface area contributed by atoms with E-state index < -0.39 is 0 Å². The second-order valence-corrected chi connectivity index (χ2v) is 4.25. The van der Waals surface area contributed by atoms with Crippen molar-refractivity contribution >= 4 is 23.4 Å². The predicted molar refractivity (Wildman–Crippen MR) is 50.5 cm³/mol. The Morgan fingerprint density at radius 2 is 2.09 bits per heavy atom. The van der Waals surface area contributed by atoms with Gasteiger partial charge < -0.3 is 5.11 Å². The van der Waals surface area contributed by atoms with Crippen molar-refractivity contribution in [3.63, 3.8) is 0 Å². The van der Waals surface area contributed by atoms with Crippen LogP contribution < -0.4 is 0 Å². The molecule has 1 aliphatic heterocycles. The van der Waals surface area contributed by atoms with Gasteiger partial charge in [-0.3, -0.25) is 4.90 Å². The van der Waals surface area contributed by atoms with Gasteiger partial charge in [0.05, 0.1) is 6.10 Å². The zero-order valence-electron chi connectivity index (χ0n) is 6.50. The maximum Gasteiger partial charge on any atom is 0.0802 e. The number of aliphatic hydroxyl groups is 1. The molecule has 1 rings (SSSR count).